The quantitative estimate of drug-likeness (QED) is 0.828. The van der Waals surface area contributed by atoms with Gasteiger partial charge in [0.15, 0.2) is 0 Å². The molecule has 0 bridgehead atoms. The summed E-state index contributed by atoms with van der Waals surface area (Å²) in [5.41, 5.74) is 0.493. The highest BCUT2D eigenvalue weighted by Gasteiger charge is 2.59. The van der Waals surface area contributed by atoms with Crippen LogP contribution in [0.5, 0.6) is 0 Å². The maximum absolute atomic E-state index is 5.96. The molecule has 4 unspecified atom stereocenters. The van der Waals surface area contributed by atoms with Crippen LogP contribution in [0.1, 0.15) is 51.9 Å². The molecule has 0 aromatic carbocycles. The average Bonchev–Trinajstić information content (AvgIpc) is 3.06. The molecule has 3 aliphatic carbocycles. The van der Waals surface area contributed by atoms with Gasteiger partial charge in [0.05, 0.1) is 12.2 Å². The van der Waals surface area contributed by atoms with Crippen molar-refractivity contribution in [2.24, 2.45) is 11.3 Å². The molecule has 3 heteroatoms. The van der Waals surface area contributed by atoms with Crippen LogP contribution >= 0.6 is 0 Å². The molecule has 4 rings (SSSR count). The Morgan fingerprint density at radius 1 is 1.26 bits per heavy atom. The maximum Gasteiger partial charge on any atom is 0.0757 e. The van der Waals surface area contributed by atoms with E-state index < -0.39 is 0 Å². The molecule has 0 radical (unpaired) electrons. The Balaban J connectivity index is 1.38. The summed E-state index contributed by atoms with van der Waals surface area (Å²) in [6, 6.07) is 1.32. The van der Waals surface area contributed by atoms with Crippen molar-refractivity contribution < 1.29 is 9.47 Å². The SMILES string of the molecule is CCOC1CC(NC2CCOC2C2CC2)C12CCC2. The Hall–Kier alpha value is -0.120. The minimum Gasteiger partial charge on any atom is -0.378 e. The Labute approximate surface area is 116 Å². The lowest BCUT2D eigenvalue weighted by atomic mass is 9.51. The molecule has 4 atom stereocenters. The summed E-state index contributed by atoms with van der Waals surface area (Å²) in [5, 5.41) is 3.96. The zero-order chi connectivity index (χ0) is 12.9. The fraction of sp³-hybridized carbons (Fsp3) is 1.00. The second kappa shape index (κ2) is 4.71. The highest BCUT2D eigenvalue weighted by Crippen LogP contribution is 2.57. The van der Waals surface area contributed by atoms with E-state index in [-0.39, 0.29) is 0 Å². The van der Waals surface area contributed by atoms with Gasteiger partial charge < -0.3 is 14.8 Å². The van der Waals surface area contributed by atoms with E-state index in [1.165, 1.54) is 44.9 Å². The highest BCUT2D eigenvalue weighted by molar-refractivity contribution is 5.13. The van der Waals surface area contributed by atoms with E-state index in [9.17, 15) is 0 Å². The molecule has 1 N–H and O–H groups in total. The van der Waals surface area contributed by atoms with Crippen LogP contribution in [-0.4, -0.2) is 37.5 Å². The standard InChI is InChI=1S/C16H27NO2/c1-2-18-14-10-13(16(14)7-3-8-16)17-12-6-9-19-15(12)11-4-5-11/h11-15,17H,2-10H2,1H3. The van der Waals surface area contributed by atoms with Gasteiger partial charge in [-0.25, -0.2) is 0 Å². The smallest absolute Gasteiger partial charge is 0.0757 e. The topological polar surface area (TPSA) is 30.5 Å². The van der Waals surface area contributed by atoms with Crippen molar-refractivity contribution in [2.75, 3.05) is 13.2 Å². The van der Waals surface area contributed by atoms with Gasteiger partial charge in [-0.1, -0.05) is 6.42 Å². The first kappa shape index (κ1) is 12.6. The number of nitrogens with one attached hydrogen (secondary N) is 1. The van der Waals surface area contributed by atoms with Crippen molar-refractivity contribution in [2.45, 2.75) is 76.2 Å². The van der Waals surface area contributed by atoms with Gasteiger partial charge in [-0.05, 0) is 51.4 Å². The van der Waals surface area contributed by atoms with Crippen LogP contribution in [0.2, 0.25) is 0 Å². The van der Waals surface area contributed by atoms with Gasteiger partial charge in [0.2, 0.25) is 0 Å². The van der Waals surface area contributed by atoms with Crippen LogP contribution in [0.25, 0.3) is 0 Å². The summed E-state index contributed by atoms with van der Waals surface area (Å²) < 4.78 is 11.9. The molecule has 3 nitrogen and oxygen atoms in total. The van der Waals surface area contributed by atoms with Gasteiger partial charge in [0.25, 0.3) is 0 Å². The van der Waals surface area contributed by atoms with Crippen LogP contribution in [0, 0.1) is 11.3 Å². The number of hydrogen-bond donors (Lipinski definition) is 1. The summed E-state index contributed by atoms with van der Waals surface area (Å²) in [5.74, 6) is 0.861. The summed E-state index contributed by atoms with van der Waals surface area (Å²) in [4.78, 5) is 0. The van der Waals surface area contributed by atoms with E-state index in [1.54, 1.807) is 0 Å². The summed E-state index contributed by atoms with van der Waals surface area (Å²) in [6.45, 7) is 3.96. The predicted molar refractivity (Wildman–Crippen MR) is 74.1 cm³/mol. The summed E-state index contributed by atoms with van der Waals surface area (Å²) >= 11 is 0. The average molecular weight is 265 g/mol. The van der Waals surface area contributed by atoms with Crippen LogP contribution in [-0.2, 0) is 9.47 Å². The summed E-state index contributed by atoms with van der Waals surface area (Å²) in [7, 11) is 0. The third-order valence-corrected chi connectivity index (χ3v) is 6.07. The molecule has 1 saturated heterocycles. The second-order valence-electron chi connectivity index (χ2n) is 7.05. The first-order valence-corrected chi connectivity index (χ1v) is 8.33. The van der Waals surface area contributed by atoms with Crippen molar-refractivity contribution in [1.82, 2.24) is 5.32 Å². The van der Waals surface area contributed by atoms with Crippen LogP contribution < -0.4 is 5.32 Å². The van der Waals surface area contributed by atoms with Crippen molar-refractivity contribution in [3.05, 3.63) is 0 Å². The Morgan fingerprint density at radius 2 is 2.11 bits per heavy atom. The number of rotatable bonds is 5. The van der Waals surface area contributed by atoms with E-state index in [2.05, 4.69) is 12.2 Å². The lowest BCUT2D eigenvalue weighted by molar-refractivity contribution is -0.175. The Kier molecular flexibility index (Phi) is 3.13. The van der Waals surface area contributed by atoms with Crippen LogP contribution in [0.4, 0.5) is 0 Å². The monoisotopic (exact) mass is 265 g/mol. The molecule has 19 heavy (non-hydrogen) atoms. The van der Waals surface area contributed by atoms with Crippen LogP contribution in [0.15, 0.2) is 0 Å². The highest BCUT2D eigenvalue weighted by atomic mass is 16.5. The fourth-order valence-corrected chi connectivity index (χ4v) is 4.61. The lowest BCUT2D eigenvalue weighted by Crippen LogP contribution is -2.68. The predicted octanol–water partition coefficient (Wildman–Crippen LogP) is 2.49. The zero-order valence-corrected chi connectivity index (χ0v) is 12.1. The molecule has 1 aliphatic heterocycles. The molecule has 0 amide bonds. The molecular weight excluding hydrogens is 238 g/mol. The van der Waals surface area contributed by atoms with Crippen molar-refractivity contribution in [3.63, 3.8) is 0 Å². The van der Waals surface area contributed by atoms with Gasteiger partial charge in [-0.2, -0.15) is 0 Å². The molecule has 1 spiro atoms. The molecule has 3 saturated carbocycles. The largest absolute Gasteiger partial charge is 0.378 e. The molecule has 0 aromatic heterocycles. The third kappa shape index (κ3) is 1.97. The van der Waals surface area contributed by atoms with Gasteiger partial charge in [-0.15, -0.1) is 0 Å². The van der Waals surface area contributed by atoms with E-state index in [1.807, 2.05) is 0 Å². The molecule has 0 aromatic rings. The minimum atomic E-state index is 0.493. The van der Waals surface area contributed by atoms with Crippen molar-refractivity contribution in [3.8, 4) is 0 Å². The van der Waals surface area contributed by atoms with Gasteiger partial charge in [0.1, 0.15) is 0 Å². The van der Waals surface area contributed by atoms with E-state index in [0.717, 1.165) is 19.1 Å². The third-order valence-electron chi connectivity index (χ3n) is 6.07. The molecular formula is C16H27NO2. The number of ether oxygens (including phenoxy) is 2. The van der Waals surface area contributed by atoms with E-state index in [4.69, 9.17) is 9.47 Å². The van der Waals surface area contributed by atoms with Crippen molar-refractivity contribution >= 4 is 0 Å². The molecule has 108 valence electrons. The lowest BCUT2D eigenvalue weighted by Gasteiger charge is -2.62. The van der Waals surface area contributed by atoms with Gasteiger partial charge in [-0.3, -0.25) is 0 Å². The Morgan fingerprint density at radius 3 is 2.74 bits per heavy atom. The Bertz CT molecular complexity index is 338. The normalized spacial score (nSPS) is 44.1. The van der Waals surface area contributed by atoms with E-state index >= 15 is 0 Å². The minimum absolute atomic E-state index is 0.493. The zero-order valence-electron chi connectivity index (χ0n) is 12.1. The van der Waals surface area contributed by atoms with Gasteiger partial charge >= 0.3 is 0 Å². The first-order chi connectivity index (χ1) is 9.33. The maximum atomic E-state index is 5.96. The molecule has 4 aliphatic rings. The fourth-order valence-electron chi connectivity index (χ4n) is 4.61. The van der Waals surface area contributed by atoms with E-state index in [0.29, 0.717) is 29.7 Å². The molecule has 4 fully saturated rings. The van der Waals surface area contributed by atoms with Gasteiger partial charge in [0, 0.05) is 30.7 Å². The second-order valence-corrected chi connectivity index (χ2v) is 7.05. The summed E-state index contributed by atoms with van der Waals surface area (Å²) in [6.07, 6.45) is 10.4. The van der Waals surface area contributed by atoms with Crippen molar-refractivity contribution in [1.29, 1.82) is 0 Å². The first-order valence-electron chi connectivity index (χ1n) is 8.33. The van der Waals surface area contributed by atoms with Crippen LogP contribution in [0.3, 0.4) is 0 Å². The molecule has 1 heterocycles. The number of hydrogen-bond acceptors (Lipinski definition) is 3.